The van der Waals surface area contributed by atoms with Crippen LogP contribution in [0.1, 0.15) is 16.7 Å². The lowest BCUT2D eigenvalue weighted by Crippen LogP contribution is -1.98. The molecule has 2 nitrogen and oxygen atoms in total. The van der Waals surface area contributed by atoms with Crippen molar-refractivity contribution in [3.05, 3.63) is 65.2 Å². The van der Waals surface area contributed by atoms with Gasteiger partial charge in [-0.1, -0.05) is 36.4 Å². The van der Waals surface area contributed by atoms with Crippen molar-refractivity contribution in [2.45, 2.75) is 20.0 Å². The summed E-state index contributed by atoms with van der Waals surface area (Å²) in [6.07, 6.45) is 2.65. The van der Waals surface area contributed by atoms with E-state index in [2.05, 4.69) is 18.0 Å². The molecule has 2 rings (SSSR count). The predicted octanol–water partition coefficient (Wildman–Crippen LogP) is 3.43. The van der Waals surface area contributed by atoms with Crippen LogP contribution in [0.2, 0.25) is 0 Å². The molecule has 0 saturated heterocycles. The van der Waals surface area contributed by atoms with Crippen molar-refractivity contribution in [3.8, 4) is 0 Å². The van der Waals surface area contributed by atoms with Crippen LogP contribution in [0.4, 0.5) is 5.69 Å². The summed E-state index contributed by atoms with van der Waals surface area (Å²) in [4.78, 5) is 4.41. The molecule has 0 aliphatic heterocycles. The Morgan fingerprint density at radius 2 is 1.83 bits per heavy atom. The Kier molecular flexibility index (Phi) is 4.26. The number of benzene rings is 2. The third-order valence-corrected chi connectivity index (χ3v) is 2.97. The summed E-state index contributed by atoms with van der Waals surface area (Å²) in [7, 11) is 0. The zero-order chi connectivity index (χ0) is 12.8. The molecule has 0 radical (unpaired) electrons. The summed E-state index contributed by atoms with van der Waals surface area (Å²) < 4.78 is 0. The van der Waals surface area contributed by atoms with Crippen LogP contribution in [0.25, 0.3) is 0 Å². The first-order chi connectivity index (χ1) is 8.81. The molecule has 2 aromatic carbocycles. The average Bonchev–Trinajstić information content (AvgIpc) is 2.41. The first-order valence-corrected chi connectivity index (χ1v) is 6.07. The standard InChI is InChI=1S/C16H17NO/c1-13-6-5-7-14(12-18)16(13)10-11-17-15-8-3-2-4-9-15/h2-9,11,18H,10,12H2,1H3. The number of hydrogen-bond acceptors (Lipinski definition) is 2. The van der Waals surface area contributed by atoms with Gasteiger partial charge in [-0.15, -0.1) is 0 Å². The zero-order valence-corrected chi connectivity index (χ0v) is 10.5. The van der Waals surface area contributed by atoms with Crippen molar-refractivity contribution in [1.82, 2.24) is 0 Å². The highest BCUT2D eigenvalue weighted by molar-refractivity contribution is 5.67. The molecule has 0 unspecified atom stereocenters. The summed E-state index contributed by atoms with van der Waals surface area (Å²) in [6, 6.07) is 15.9. The lowest BCUT2D eigenvalue weighted by atomic mass is 10.00. The molecule has 0 fully saturated rings. The monoisotopic (exact) mass is 239 g/mol. The normalized spacial score (nSPS) is 11.0. The third kappa shape index (κ3) is 3.05. The van der Waals surface area contributed by atoms with Crippen molar-refractivity contribution in [1.29, 1.82) is 0 Å². The highest BCUT2D eigenvalue weighted by Gasteiger charge is 2.02. The summed E-state index contributed by atoms with van der Waals surface area (Å²) in [5.74, 6) is 0. The molecule has 0 heterocycles. The van der Waals surface area contributed by atoms with E-state index < -0.39 is 0 Å². The van der Waals surface area contributed by atoms with Gasteiger partial charge in [0.1, 0.15) is 0 Å². The Morgan fingerprint density at radius 1 is 1.06 bits per heavy atom. The van der Waals surface area contributed by atoms with E-state index >= 15 is 0 Å². The van der Waals surface area contributed by atoms with Crippen LogP contribution in [0.5, 0.6) is 0 Å². The van der Waals surface area contributed by atoms with E-state index in [0.717, 1.165) is 17.7 Å². The largest absolute Gasteiger partial charge is 0.392 e. The van der Waals surface area contributed by atoms with Crippen molar-refractivity contribution in [2.75, 3.05) is 0 Å². The van der Waals surface area contributed by atoms with Gasteiger partial charge in [-0.3, -0.25) is 4.99 Å². The number of aryl methyl sites for hydroxylation is 1. The van der Waals surface area contributed by atoms with Gasteiger partial charge < -0.3 is 5.11 Å². The second-order valence-electron chi connectivity index (χ2n) is 4.22. The van der Waals surface area contributed by atoms with Crippen molar-refractivity contribution in [2.24, 2.45) is 4.99 Å². The van der Waals surface area contributed by atoms with Crippen LogP contribution >= 0.6 is 0 Å². The van der Waals surface area contributed by atoms with Gasteiger partial charge in [0.05, 0.1) is 12.3 Å². The summed E-state index contributed by atoms with van der Waals surface area (Å²) in [5, 5.41) is 9.31. The molecule has 0 spiro atoms. The maximum atomic E-state index is 9.31. The third-order valence-electron chi connectivity index (χ3n) is 2.97. The highest BCUT2D eigenvalue weighted by Crippen LogP contribution is 2.15. The van der Waals surface area contributed by atoms with Gasteiger partial charge in [-0.2, -0.15) is 0 Å². The first kappa shape index (κ1) is 12.5. The number of nitrogens with zero attached hydrogens (tertiary/aromatic N) is 1. The van der Waals surface area contributed by atoms with Crippen LogP contribution in [-0.2, 0) is 13.0 Å². The molecule has 2 heteroatoms. The van der Waals surface area contributed by atoms with Crippen molar-refractivity contribution >= 4 is 11.9 Å². The molecule has 0 saturated carbocycles. The van der Waals surface area contributed by atoms with Crippen molar-refractivity contribution in [3.63, 3.8) is 0 Å². The Morgan fingerprint density at radius 3 is 2.56 bits per heavy atom. The van der Waals surface area contributed by atoms with Gasteiger partial charge in [0, 0.05) is 12.6 Å². The van der Waals surface area contributed by atoms with Gasteiger partial charge in [0.2, 0.25) is 0 Å². The quantitative estimate of drug-likeness (QED) is 0.814. The molecule has 0 aliphatic carbocycles. The molecule has 1 N–H and O–H groups in total. The Labute approximate surface area is 108 Å². The fourth-order valence-electron chi connectivity index (χ4n) is 1.96. The minimum Gasteiger partial charge on any atom is -0.392 e. The van der Waals surface area contributed by atoms with Crippen LogP contribution < -0.4 is 0 Å². The van der Waals surface area contributed by atoms with Crippen LogP contribution in [0.3, 0.4) is 0 Å². The molecular weight excluding hydrogens is 222 g/mol. The molecule has 0 aliphatic rings. The molecule has 92 valence electrons. The van der Waals surface area contributed by atoms with Gasteiger partial charge in [0.25, 0.3) is 0 Å². The van der Waals surface area contributed by atoms with E-state index in [9.17, 15) is 5.11 Å². The number of rotatable bonds is 4. The lowest BCUT2D eigenvalue weighted by molar-refractivity contribution is 0.281. The lowest BCUT2D eigenvalue weighted by Gasteiger charge is -2.08. The number of hydrogen-bond donors (Lipinski definition) is 1. The van der Waals surface area contributed by atoms with Gasteiger partial charge in [-0.25, -0.2) is 0 Å². The zero-order valence-electron chi connectivity index (χ0n) is 10.5. The van der Waals surface area contributed by atoms with Crippen LogP contribution in [-0.4, -0.2) is 11.3 Å². The smallest absolute Gasteiger partial charge is 0.0684 e. The number of para-hydroxylation sites is 1. The van der Waals surface area contributed by atoms with Gasteiger partial charge >= 0.3 is 0 Å². The second kappa shape index (κ2) is 6.12. The van der Waals surface area contributed by atoms with E-state index in [1.165, 1.54) is 11.1 Å². The fourth-order valence-corrected chi connectivity index (χ4v) is 1.96. The molecule has 0 aromatic heterocycles. The van der Waals surface area contributed by atoms with Crippen LogP contribution in [0, 0.1) is 6.92 Å². The Hall–Kier alpha value is -1.93. The van der Waals surface area contributed by atoms with Crippen LogP contribution in [0.15, 0.2) is 53.5 Å². The number of aliphatic imine (C=N–C) groups is 1. The molecule has 18 heavy (non-hydrogen) atoms. The van der Waals surface area contributed by atoms with Gasteiger partial charge in [-0.05, 0) is 35.7 Å². The average molecular weight is 239 g/mol. The van der Waals surface area contributed by atoms with E-state index in [4.69, 9.17) is 0 Å². The van der Waals surface area contributed by atoms with E-state index in [-0.39, 0.29) is 6.61 Å². The second-order valence-corrected chi connectivity index (χ2v) is 4.22. The van der Waals surface area contributed by atoms with Crippen molar-refractivity contribution < 1.29 is 5.11 Å². The van der Waals surface area contributed by atoms with Gasteiger partial charge in [0.15, 0.2) is 0 Å². The maximum Gasteiger partial charge on any atom is 0.0684 e. The topological polar surface area (TPSA) is 32.6 Å². The Balaban J connectivity index is 2.13. The minimum absolute atomic E-state index is 0.0796. The first-order valence-electron chi connectivity index (χ1n) is 6.07. The van der Waals surface area contributed by atoms with E-state index in [0.29, 0.717) is 0 Å². The summed E-state index contributed by atoms with van der Waals surface area (Å²) in [6.45, 7) is 2.14. The SMILES string of the molecule is Cc1cccc(CO)c1CC=Nc1ccccc1. The summed E-state index contributed by atoms with van der Waals surface area (Å²) in [5.41, 5.74) is 4.30. The molecule has 0 amide bonds. The molecule has 0 bridgehead atoms. The van der Waals surface area contributed by atoms with E-state index in [1.54, 1.807) is 0 Å². The minimum atomic E-state index is 0.0796. The number of aliphatic hydroxyl groups excluding tert-OH is 1. The Bertz CT molecular complexity index is 532. The molecule has 0 atom stereocenters. The molecular formula is C16H17NO. The molecule has 2 aromatic rings. The summed E-state index contributed by atoms with van der Waals surface area (Å²) >= 11 is 0. The fraction of sp³-hybridized carbons (Fsp3) is 0.188. The number of aliphatic hydroxyl groups is 1. The van der Waals surface area contributed by atoms with E-state index in [1.807, 2.05) is 48.7 Å². The predicted molar refractivity (Wildman–Crippen MR) is 75.4 cm³/mol. The highest BCUT2D eigenvalue weighted by atomic mass is 16.3. The maximum absolute atomic E-state index is 9.31.